The van der Waals surface area contributed by atoms with Crippen LogP contribution in [0.3, 0.4) is 0 Å². The van der Waals surface area contributed by atoms with E-state index in [0.717, 1.165) is 33.4 Å². The lowest BCUT2D eigenvalue weighted by Crippen LogP contribution is -2.36. The Bertz CT molecular complexity index is 896. The number of nitrogens with one attached hydrogen (secondary N) is 2. The quantitative estimate of drug-likeness (QED) is 0.628. The second-order valence-corrected chi connectivity index (χ2v) is 6.42. The van der Waals surface area contributed by atoms with Gasteiger partial charge in [-0.15, -0.1) is 0 Å². The van der Waals surface area contributed by atoms with Crippen LogP contribution >= 0.6 is 0 Å². The van der Waals surface area contributed by atoms with Crippen molar-refractivity contribution < 1.29 is 14.3 Å². The van der Waals surface area contributed by atoms with E-state index >= 15 is 0 Å². The maximum atomic E-state index is 12.0. The molecule has 136 valence electrons. The zero-order valence-corrected chi connectivity index (χ0v) is 15.1. The molecule has 1 atom stereocenters. The van der Waals surface area contributed by atoms with Crippen LogP contribution in [-0.4, -0.2) is 17.7 Å². The van der Waals surface area contributed by atoms with E-state index in [-0.39, 0.29) is 6.03 Å². The number of aliphatic hydroxyl groups excluding tert-OH is 1. The van der Waals surface area contributed by atoms with Crippen molar-refractivity contribution in [3.63, 3.8) is 0 Å². The van der Waals surface area contributed by atoms with Crippen LogP contribution in [0.2, 0.25) is 0 Å². The summed E-state index contributed by atoms with van der Waals surface area (Å²) in [6.07, 6.45) is -0.215. The van der Waals surface area contributed by atoms with Gasteiger partial charge in [-0.1, -0.05) is 42.5 Å². The highest BCUT2D eigenvalue weighted by Gasteiger charge is 2.14. The lowest BCUT2D eigenvalue weighted by atomic mass is 10.0. The van der Waals surface area contributed by atoms with Crippen LogP contribution in [0.5, 0.6) is 0 Å². The first-order valence-corrected chi connectivity index (χ1v) is 8.78. The van der Waals surface area contributed by atoms with Crippen LogP contribution in [0, 0.1) is 13.8 Å². The molecule has 1 heterocycles. The average Bonchev–Trinajstić information content (AvgIpc) is 2.98. The highest BCUT2D eigenvalue weighted by atomic mass is 16.3. The molecule has 3 aromatic rings. The molecule has 3 N–H and O–H groups in total. The van der Waals surface area contributed by atoms with E-state index < -0.39 is 6.10 Å². The highest BCUT2D eigenvalue weighted by molar-refractivity contribution is 5.86. The fraction of sp³-hybridized carbons (Fsp3) is 0.286. The predicted octanol–water partition coefficient (Wildman–Crippen LogP) is 3.97. The smallest absolute Gasteiger partial charge is 0.315 e. The highest BCUT2D eigenvalue weighted by Crippen LogP contribution is 2.23. The Kier molecular flexibility index (Phi) is 5.58. The summed E-state index contributed by atoms with van der Waals surface area (Å²) in [5.74, 6) is 1.49. The zero-order valence-electron chi connectivity index (χ0n) is 15.1. The maximum Gasteiger partial charge on any atom is 0.315 e. The number of benzene rings is 2. The summed E-state index contributed by atoms with van der Waals surface area (Å²) in [5, 5.41) is 18.2. The van der Waals surface area contributed by atoms with Crippen molar-refractivity contribution in [2.24, 2.45) is 0 Å². The van der Waals surface area contributed by atoms with Crippen molar-refractivity contribution in [1.82, 2.24) is 10.6 Å². The van der Waals surface area contributed by atoms with E-state index in [0.29, 0.717) is 19.5 Å². The van der Waals surface area contributed by atoms with Crippen LogP contribution in [0.25, 0.3) is 10.8 Å². The minimum absolute atomic E-state index is 0.245. The van der Waals surface area contributed by atoms with E-state index in [4.69, 9.17) is 4.42 Å². The summed E-state index contributed by atoms with van der Waals surface area (Å²) < 4.78 is 5.43. The molecule has 2 aromatic carbocycles. The third kappa shape index (κ3) is 4.24. The number of carbonyl (C=O) groups is 1. The number of amides is 2. The van der Waals surface area contributed by atoms with Crippen molar-refractivity contribution in [2.75, 3.05) is 6.54 Å². The van der Waals surface area contributed by atoms with Crippen molar-refractivity contribution >= 4 is 16.8 Å². The average molecular weight is 352 g/mol. The number of urea groups is 1. The first-order valence-electron chi connectivity index (χ1n) is 8.78. The molecule has 26 heavy (non-hydrogen) atoms. The molecule has 0 aliphatic rings. The summed E-state index contributed by atoms with van der Waals surface area (Å²) in [6.45, 7) is 4.51. The monoisotopic (exact) mass is 352 g/mol. The molecule has 5 heteroatoms. The molecule has 0 saturated heterocycles. The van der Waals surface area contributed by atoms with E-state index in [2.05, 4.69) is 28.8 Å². The SMILES string of the molecule is Cc1cc([C@@H](O)CCNC(=O)NCc2cccc3ccccc23)c(C)o1. The van der Waals surface area contributed by atoms with Gasteiger partial charge in [-0.2, -0.15) is 0 Å². The molecule has 5 nitrogen and oxygen atoms in total. The van der Waals surface area contributed by atoms with Gasteiger partial charge in [0.05, 0.1) is 6.10 Å². The molecule has 0 radical (unpaired) electrons. The third-order valence-electron chi connectivity index (χ3n) is 4.46. The topological polar surface area (TPSA) is 74.5 Å². The second-order valence-electron chi connectivity index (χ2n) is 6.42. The van der Waals surface area contributed by atoms with Crippen LogP contribution in [0.15, 0.2) is 52.9 Å². The van der Waals surface area contributed by atoms with Crippen molar-refractivity contribution in [3.8, 4) is 0 Å². The number of hydrogen-bond donors (Lipinski definition) is 3. The molecular weight excluding hydrogens is 328 g/mol. The second kappa shape index (κ2) is 8.06. The normalized spacial score (nSPS) is 12.1. The van der Waals surface area contributed by atoms with Gasteiger partial charge >= 0.3 is 6.03 Å². The molecule has 0 aliphatic heterocycles. The molecule has 0 spiro atoms. The van der Waals surface area contributed by atoms with E-state index in [1.807, 2.05) is 44.2 Å². The Labute approximate surface area is 153 Å². The molecule has 3 rings (SSSR count). The summed E-state index contributed by atoms with van der Waals surface area (Å²) >= 11 is 0. The number of aliphatic hydroxyl groups is 1. The number of hydrogen-bond acceptors (Lipinski definition) is 3. The van der Waals surface area contributed by atoms with Gasteiger partial charge in [0.25, 0.3) is 0 Å². The van der Waals surface area contributed by atoms with Crippen LogP contribution < -0.4 is 10.6 Å². The Morgan fingerprint density at radius 2 is 1.88 bits per heavy atom. The number of rotatable bonds is 6. The van der Waals surface area contributed by atoms with Crippen LogP contribution in [0.1, 0.15) is 35.2 Å². The van der Waals surface area contributed by atoms with Crippen LogP contribution in [-0.2, 0) is 6.54 Å². The summed E-state index contributed by atoms with van der Waals surface area (Å²) in [6, 6.07) is 15.7. The fourth-order valence-electron chi connectivity index (χ4n) is 3.14. The molecular formula is C21H24N2O3. The van der Waals surface area contributed by atoms with Crippen molar-refractivity contribution in [1.29, 1.82) is 0 Å². The van der Waals surface area contributed by atoms with E-state index in [1.165, 1.54) is 0 Å². The van der Waals surface area contributed by atoms with Gasteiger partial charge in [-0.3, -0.25) is 0 Å². The van der Waals surface area contributed by atoms with Gasteiger partial charge in [0.15, 0.2) is 0 Å². The third-order valence-corrected chi connectivity index (χ3v) is 4.46. The van der Waals surface area contributed by atoms with Gasteiger partial charge in [0, 0.05) is 18.7 Å². The van der Waals surface area contributed by atoms with Gasteiger partial charge in [-0.05, 0) is 42.7 Å². The minimum Gasteiger partial charge on any atom is -0.466 e. The number of aryl methyl sites for hydroxylation is 2. The number of carbonyl (C=O) groups excluding carboxylic acids is 1. The minimum atomic E-state index is -0.647. The molecule has 0 unspecified atom stereocenters. The Morgan fingerprint density at radius 3 is 2.65 bits per heavy atom. The molecule has 0 bridgehead atoms. The first-order chi connectivity index (χ1) is 12.5. The fourth-order valence-corrected chi connectivity index (χ4v) is 3.14. The van der Waals surface area contributed by atoms with Gasteiger partial charge < -0.3 is 20.2 Å². The predicted molar refractivity (Wildman–Crippen MR) is 102 cm³/mol. The van der Waals surface area contributed by atoms with Gasteiger partial charge in [0.1, 0.15) is 11.5 Å². The van der Waals surface area contributed by atoms with E-state index in [1.54, 1.807) is 0 Å². The van der Waals surface area contributed by atoms with Crippen molar-refractivity contribution in [2.45, 2.75) is 32.9 Å². The molecule has 0 fully saturated rings. The summed E-state index contributed by atoms with van der Waals surface area (Å²) in [4.78, 5) is 12.0. The lowest BCUT2D eigenvalue weighted by molar-refractivity contribution is 0.165. The van der Waals surface area contributed by atoms with Gasteiger partial charge in [0.2, 0.25) is 0 Å². The molecule has 0 aliphatic carbocycles. The molecule has 0 saturated carbocycles. The van der Waals surface area contributed by atoms with Crippen LogP contribution in [0.4, 0.5) is 4.79 Å². The lowest BCUT2D eigenvalue weighted by Gasteiger charge is -2.12. The summed E-state index contributed by atoms with van der Waals surface area (Å²) in [5.41, 5.74) is 1.85. The number of furan rings is 1. The van der Waals surface area contributed by atoms with Gasteiger partial charge in [-0.25, -0.2) is 4.79 Å². The molecule has 1 aromatic heterocycles. The largest absolute Gasteiger partial charge is 0.466 e. The Hall–Kier alpha value is -2.79. The Morgan fingerprint density at radius 1 is 1.12 bits per heavy atom. The Balaban J connectivity index is 1.48. The van der Waals surface area contributed by atoms with E-state index in [9.17, 15) is 9.90 Å². The zero-order chi connectivity index (χ0) is 18.5. The van der Waals surface area contributed by atoms with Crippen molar-refractivity contribution in [3.05, 3.63) is 71.2 Å². The first kappa shape index (κ1) is 18.0. The maximum absolute atomic E-state index is 12.0. The number of fused-ring (bicyclic) bond motifs is 1. The molecule has 2 amide bonds. The standard InChI is InChI=1S/C21H24N2O3/c1-14-12-19(15(2)26-14)20(24)10-11-22-21(25)23-13-17-8-5-7-16-6-3-4-9-18(16)17/h3-9,12,20,24H,10-11,13H2,1-2H3,(H2,22,23,25)/t20-/m0/s1. The summed E-state index contributed by atoms with van der Waals surface area (Å²) in [7, 11) is 0.